The Bertz CT molecular complexity index is 793. The van der Waals surface area contributed by atoms with Crippen LogP contribution in [0, 0.1) is 0 Å². The number of para-hydroxylation sites is 1. The second-order valence-electron chi connectivity index (χ2n) is 4.61. The van der Waals surface area contributed by atoms with Crippen molar-refractivity contribution >= 4 is 21.8 Å². The number of aromatic nitrogens is 2. The van der Waals surface area contributed by atoms with E-state index in [1.807, 2.05) is 0 Å². The maximum absolute atomic E-state index is 12.3. The average Bonchev–Trinajstić information content (AvgIpc) is 2.49. The first-order valence-corrected chi connectivity index (χ1v) is 7.36. The summed E-state index contributed by atoms with van der Waals surface area (Å²) in [4.78, 5) is 27.4. The van der Waals surface area contributed by atoms with Gasteiger partial charge in [0.1, 0.15) is 16.8 Å². The van der Waals surface area contributed by atoms with Crippen molar-refractivity contribution in [2.45, 2.75) is 19.5 Å². The molecule has 128 valence electrons. The third-order valence-electron chi connectivity index (χ3n) is 2.85. The zero-order valence-electron chi connectivity index (χ0n) is 12.0. The van der Waals surface area contributed by atoms with Gasteiger partial charge in [-0.2, -0.15) is 0 Å². The third kappa shape index (κ3) is 5.08. The van der Waals surface area contributed by atoms with Gasteiger partial charge in [-0.05, 0) is 22.0 Å². The van der Waals surface area contributed by atoms with Gasteiger partial charge in [-0.1, -0.05) is 18.2 Å². The molecule has 1 aromatic carbocycles. The second-order valence-corrected chi connectivity index (χ2v) is 5.46. The molecule has 0 bridgehead atoms. The maximum atomic E-state index is 12.3. The highest BCUT2D eigenvalue weighted by atomic mass is 79.9. The summed E-state index contributed by atoms with van der Waals surface area (Å²) < 4.78 is 42.2. The van der Waals surface area contributed by atoms with Gasteiger partial charge in [-0.25, -0.2) is 4.98 Å². The average molecular weight is 406 g/mol. The fourth-order valence-corrected chi connectivity index (χ4v) is 2.16. The zero-order chi connectivity index (χ0) is 17.7. The molecule has 10 heteroatoms. The van der Waals surface area contributed by atoms with E-state index in [9.17, 15) is 22.8 Å². The van der Waals surface area contributed by atoms with Gasteiger partial charge in [0.05, 0.1) is 6.33 Å². The predicted octanol–water partition coefficient (Wildman–Crippen LogP) is 2.22. The lowest BCUT2D eigenvalue weighted by atomic mass is 10.2. The quantitative estimate of drug-likeness (QED) is 0.827. The molecule has 1 amide bonds. The van der Waals surface area contributed by atoms with Gasteiger partial charge in [-0.3, -0.25) is 14.2 Å². The molecule has 24 heavy (non-hydrogen) atoms. The van der Waals surface area contributed by atoms with E-state index in [-0.39, 0.29) is 23.1 Å². The van der Waals surface area contributed by atoms with Crippen molar-refractivity contribution in [2.24, 2.45) is 0 Å². The first-order chi connectivity index (χ1) is 11.3. The smallest absolute Gasteiger partial charge is 0.405 e. The van der Waals surface area contributed by atoms with Gasteiger partial charge >= 0.3 is 6.36 Å². The monoisotopic (exact) mass is 405 g/mol. The molecule has 0 aliphatic heterocycles. The molecule has 0 spiro atoms. The van der Waals surface area contributed by atoms with E-state index >= 15 is 0 Å². The Labute approximate surface area is 142 Å². The van der Waals surface area contributed by atoms with E-state index in [1.54, 1.807) is 0 Å². The van der Waals surface area contributed by atoms with Gasteiger partial charge in [0.25, 0.3) is 5.56 Å². The van der Waals surface area contributed by atoms with Crippen LogP contribution in [-0.4, -0.2) is 21.8 Å². The summed E-state index contributed by atoms with van der Waals surface area (Å²) >= 11 is 3.00. The molecular weight excluding hydrogens is 395 g/mol. The number of rotatable bonds is 5. The Morgan fingerprint density at radius 2 is 2.04 bits per heavy atom. The van der Waals surface area contributed by atoms with Crippen molar-refractivity contribution < 1.29 is 22.7 Å². The zero-order valence-corrected chi connectivity index (χ0v) is 13.6. The lowest BCUT2D eigenvalue weighted by Crippen LogP contribution is -2.32. The molecule has 0 atom stereocenters. The largest absolute Gasteiger partial charge is 0.573 e. The molecule has 1 N–H and O–H groups in total. The number of ether oxygens (including phenoxy) is 1. The highest BCUT2D eigenvalue weighted by Crippen LogP contribution is 2.25. The van der Waals surface area contributed by atoms with Crippen molar-refractivity contribution in [3.63, 3.8) is 0 Å². The second kappa shape index (κ2) is 7.47. The predicted molar refractivity (Wildman–Crippen MR) is 81.2 cm³/mol. The van der Waals surface area contributed by atoms with Crippen LogP contribution in [-0.2, 0) is 17.9 Å². The molecule has 0 aliphatic rings. The van der Waals surface area contributed by atoms with Crippen molar-refractivity contribution in [3.8, 4) is 5.75 Å². The van der Waals surface area contributed by atoms with Crippen LogP contribution in [0.15, 0.2) is 46.1 Å². The Morgan fingerprint density at radius 1 is 1.33 bits per heavy atom. The van der Waals surface area contributed by atoms with Crippen LogP contribution in [0.25, 0.3) is 0 Å². The van der Waals surface area contributed by atoms with Crippen LogP contribution in [0.3, 0.4) is 0 Å². The molecule has 1 aromatic heterocycles. The number of carbonyl (C=O) groups is 1. The summed E-state index contributed by atoms with van der Waals surface area (Å²) in [6.07, 6.45) is -2.34. The van der Waals surface area contributed by atoms with E-state index in [1.165, 1.54) is 30.7 Å². The lowest BCUT2D eigenvalue weighted by Gasteiger charge is -2.13. The minimum absolute atomic E-state index is 0.155. The third-order valence-corrected chi connectivity index (χ3v) is 3.39. The molecule has 0 saturated heterocycles. The van der Waals surface area contributed by atoms with Gasteiger partial charge in [0.2, 0.25) is 5.91 Å². The Kier molecular flexibility index (Phi) is 5.60. The van der Waals surface area contributed by atoms with Gasteiger partial charge in [0, 0.05) is 18.3 Å². The molecule has 0 aliphatic carbocycles. The summed E-state index contributed by atoms with van der Waals surface area (Å²) in [5, 5.41) is 2.43. The first kappa shape index (κ1) is 18.0. The van der Waals surface area contributed by atoms with E-state index in [0.717, 1.165) is 10.6 Å². The molecule has 0 radical (unpaired) electrons. The van der Waals surface area contributed by atoms with Crippen molar-refractivity contribution in [1.29, 1.82) is 0 Å². The molecular formula is C14H11BrF3N3O3. The molecule has 6 nitrogen and oxygen atoms in total. The minimum Gasteiger partial charge on any atom is -0.405 e. The van der Waals surface area contributed by atoms with Crippen LogP contribution >= 0.6 is 15.9 Å². The van der Waals surface area contributed by atoms with Gasteiger partial charge < -0.3 is 10.1 Å². The number of hydrogen-bond acceptors (Lipinski definition) is 4. The fourth-order valence-electron chi connectivity index (χ4n) is 1.82. The number of carbonyl (C=O) groups excluding carboxylic acids is 1. The topological polar surface area (TPSA) is 73.2 Å². The van der Waals surface area contributed by atoms with Crippen LogP contribution < -0.4 is 15.6 Å². The van der Waals surface area contributed by atoms with E-state index in [4.69, 9.17) is 0 Å². The molecule has 0 saturated carbocycles. The van der Waals surface area contributed by atoms with Crippen molar-refractivity contribution in [2.75, 3.05) is 0 Å². The number of alkyl halides is 3. The number of amides is 1. The molecule has 2 aromatic rings. The summed E-state index contributed by atoms with van der Waals surface area (Å²) in [6, 6.07) is 5.46. The standard InChI is InChI=1S/C14H11BrF3N3O3/c15-10-6-19-8-21(13(10)23)7-12(22)20-5-9-3-1-2-4-11(9)24-14(16,17)18/h1-4,6,8H,5,7H2,(H,20,22). The lowest BCUT2D eigenvalue weighted by molar-refractivity contribution is -0.274. The maximum Gasteiger partial charge on any atom is 0.573 e. The summed E-state index contributed by atoms with van der Waals surface area (Å²) in [6.45, 7) is -0.491. The van der Waals surface area contributed by atoms with Crippen LogP contribution in [0.2, 0.25) is 0 Å². The van der Waals surface area contributed by atoms with Crippen molar-refractivity contribution in [1.82, 2.24) is 14.9 Å². The first-order valence-electron chi connectivity index (χ1n) is 6.56. The number of nitrogens with one attached hydrogen (secondary N) is 1. The molecule has 1 heterocycles. The molecule has 0 fully saturated rings. The van der Waals surface area contributed by atoms with E-state index in [0.29, 0.717) is 0 Å². The van der Waals surface area contributed by atoms with E-state index in [2.05, 4.69) is 31.0 Å². The Balaban J connectivity index is 2.02. The van der Waals surface area contributed by atoms with Crippen LogP contribution in [0.4, 0.5) is 13.2 Å². The number of hydrogen-bond donors (Lipinski definition) is 1. The van der Waals surface area contributed by atoms with Crippen LogP contribution in [0.5, 0.6) is 5.75 Å². The van der Waals surface area contributed by atoms with E-state index < -0.39 is 23.6 Å². The minimum atomic E-state index is -4.82. The highest BCUT2D eigenvalue weighted by molar-refractivity contribution is 9.10. The summed E-state index contributed by atoms with van der Waals surface area (Å²) in [7, 11) is 0. The van der Waals surface area contributed by atoms with Crippen molar-refractivity contribution in [3.05, 3.63) is 57.2 Å². The number of halogens is 4. The summed E-state index contributed by atoms with van der Waals surface area (Å²) in [5.41, 5.74) is -0.288. The normalized spacial score (nSPS) is 11.2. The fraction of sp³-hybridized carbons (Fsp3) is 0.214. The summed E-state index contributed by atoms with van der Waals surface area (Å²) in [5.74, 6) is -0.953. The molecule has 2 rings (SSSR count). The molecule has 0 unspecified atom stereocenters. The number of nitrogens with zero attached hydrogens (tertiary/aromatic N) is 2. The van der Waals surface area contributed by atoms with Crippen LogP contribution in [0.1, 0.15) is 5.56 Å². The van der Waals surface area contributed by atoms with Gasteiger partial charge in [0.15, 0.2) is 0 Å². The SMILES string of the molecule is O=C(Cn1cncc(Br)c1=O)NCc1ccccc1OC(F)(F)F. The Morgan fingerprint density at radius 3 is 2.75 bits per heavy atom. The van der Waals surface area contributed by atoms with Gasteiger partial charge in [-0.15, -0.1) is 13.2 Å². The number of benzene rings is 1. The Hall–Kier alpha value is -2.36. The highest BCUT2D eigenvalue weighted by Gasteiger charge is 2.31.